The molecular weight excluding hydrogens is 432 g/mol. The molecule has 1 N–H and O–H groups in total. The summed E-state index contributed by atoms with van der Waals surface area (Å²) >= 11 is 0. The topological polar surface area (TPSA) is 95.6 Å². The van der Waals surface area contributed by atoms with Crippen molar-refractivity contribution in [2.75, 3.05) is 27.3 Å². The number of fused-ring (bicyclic) bond motifs is 1. The maximum atomic E-state index is 13.6. The number of nitrogens with zero attached hydrogens (tertiary/aromatic N) is 3. The number of imide groups is 1. The summed E-state index contributed by atoms with van der Waals surface area (Å²) in [7, 11) is 3.34. The molecule has 8 heteroatoms. The summed E-state index contributed by atoms with van der Waals surface area (Å²) in [4.78, 5) is 42.9. The monoisotopic (exact) mass is 466 g/mol. The number of rotatable bonds is 9. The molecule has 1 atom stereocenters. The zero-order chi connectivity index (χ0) is 24.1. The Kier molecular flexibility index (Phi) is 7.46. The average molecular weight is 467 g/mol. The number of benzene rings is 1. The normalized spacial score (nSPS) is 20.4. The number of nitrogens with one attached hydrogen (secondary N) is 1. The van der Waals surface area contributed by atoms with Gasteiger partial charge in [0.2, 0.25) is 17.7 Å². The molecule has 1 aromatic heterocycles. The first-order valence-electron chi connectivity index (χ1n) is 12.1. The van der Waals surface area contributed by atoms with Gasteiger partial charge in [0, 0.05) is 45.8 Å². The molecule has 4 rings (SSSR count). The van der Waals surface area contributed by atoms with Gasteiger partial charge in [-0.3, -0.25) is 24.4 Å². The number of hydrogen-bond acceptors (Lipinski definition) is 5. The fraction of sp³-hybridized carbons (Fsp3) is 0.538. The van der Waals surface area contributed by atoms with Crippen LogP contribution in [0.3, 0.4) is 0 Å². The predicted molar refractivity (Wildman–Crippen MR) is 127 cm³/mol. The third kappa shape index (κ3) is 4.78. The van der Waals surface area contributed by atoms with E-state index in [-0.39, 0.29) is 30.6 Å². The minimum atomic E-state index is -1.18. The smallest absolute Gasteiger partial charge is 0.240 e. The molecule has 1 aliphatic heterocycles. The van der Waals surface area contributed by atoms with Crippen LogP contribution in [0.15, 0.2) is 30.3 Å². The van der Waals surface area contributed by atoms with Crippen LogP contribution in [0.25, 0.3) is 0 Å². The molecule has 3 amide bonds. The lowest BCUT2D eigenvalue weighted by atomic mass is 9.75. The number of carbonyl (C=O) groups is 3. The Bertz CT molecular complexity index is 1030. The molecule has 2 aliphatic rings. The molecule has 0 bridgehead atoms. The Morgan fingerprint density at radius 3 is 2.71 bits per heavy atom. The van der Waals surface area contributed by atoms with Gasteiger partial charge in [-0.1, -0.05) is 36.8 Å². The second-order valence-electron chi connectivity index (χ2n) is 9.44. The van der Waals surface area contributed by atoms with Crippen molar-refractivity contribution in [1.82, 2.24) is 20.0 Å². The zero-order valence-electron chi connectivity index (χ0n) is 20.1. The summed E-state index contributed by atoms with van der Waals surface area (Å²) < 4.78 is 5.08. The molecule has 0 radical (unpaired) electrons. The summed E-state index contributed by atoms with van der Waals surface area (Å²) in [5.74, 6) is -0.706. The first kappa shape index (κ1) is 24.1. The van der Waals surface area contributed by atoms with Crippen LogP contribution >= 0.6 is 0 Å². The van der Waals surface area contributed by atoms with Gasteiger partial charge in [-0.25, -0.2) is 0 Å². The van der Waals surface area contributed by atoms with Crippen molar-refractivity contribution in [3.05, 3.63) is 52.8 Å². The van der Waals surface area contributed by atoms with Crippen LogP contribution in [0.1, 0.15) is 61.0 Å². The fourth-order valence-electron chi connectivity index (χ4n) is 5.18. The largest absolute Gasteiger partial charge is 0.385 e. The van der Waals surface area contributed by atoms with E-state index in [1.54, 1.807) is 19.1 Å². The second-order valence-corrected chi connectivity index (χ2v) is 9.44. The zero-order valence-corrected chi connectivity index (χ0v) is 20.1. The highest BCUT2D eigenvalue weighted by atomic mass is 16.5. The number of aryl methyl sites for hydroxylation is 1. The van der Waals surface area contributed by atoms with Crippen LogP contribution in [0, 0.1) is 0 Å². The van der Waals surface area contributed by atoms with Gasteiger partial charge >= 0.3 is 0 Å². The molecule has 0 spiro atoms. The quantitative estimate of drug-likeness (QED) is 0.348. The van der Waals surface area contributed by atoms with Crippen LogP contribution in [0.4, 0.5) is 0 Å². The fourth-order valence-corrected chi connectivity index (χ4v) is 5.18. The van der Waals surface area contributed by atoms with E-state index in [1.165, 1.54) is 22.6 Å². The van der Waals surface area contributed by atoms with Crippen molar-refractivity contribution in [3.63, 3.8) is 0 Å². The summed E-state index contributed by atoms with van der Waals surface area (Å²) in [6.45, 7) is 1.14. The van der Waals surface area contributed by atoms with Gasteiger partial charge < -0.3 is 9.64 Å². The van der Waals surface area contributed by atoms with E-state index in [0.717, 1.165) is 31.4 Å². The van der Waals surface area contributed by atoms with E-state index in [0.29, 0.717) is 31.7 Å². The highest BCUT2D eigenvalue weighted by Crippen LogP contribution is 2.40. The van der Waals surface area contributed by atoms with Crippen molar-refractivity contribution in [1.29, 1.82) is 0 Å². The number of likely N-dealkylation sites (tertiary alicyclic amines) is 1. The summed E-state index contributed by atoms with van der Waals surface area (Å²) in [5, 5.41) is 7.65. The Labute approximate surface area is 200 Å². The average Bonchev–Trinajstić information content (AvgIpc) is 3.20. The highest BCUT2D eigenvalue weighted by Gasteiger charge is 2.53. The number of carbonyl (C=O) groups excluding carboxylic acids is 3. The van der Waals surface area contributed by atoms with Crippen LogP contribution in [-0.2, 0) is 43.9 Å². The van der Waals surface area contributed by atoms with Gasteiger partial charge in [-0.2, -0.15) is 5.10 Å². The molecule has 1 saturated heterocycles. The molecule has 0 saturated carbocycles. The third-order valence-electron chi connectivity index (χ3n) is 7.12. The molecule has 182 valence electrons. The maximum Gasteiger partial charge on any atom is 0.240 e. The summed E-state index contributed by atoms with van der Waals surface area (Å²) in [6, 6.07) is 9.23. The van der Waals surface area contributed by atoms with Crippen LogP contribution in [0.5, 0.6) is 0 Å². The Balaban J connectivity index is 1.54. The van der Waals surface area contributed by atoms with Crippen molar-refractivity contribution in [2.45, 2.75) is 63.3 Å². The lowest BCUT2D eigenvalue weighted by Crippen LogP contribution is -2.43. The molecule has 1 unspecified atom stereocenters. The number of hydrogen-bond donors (Lipinski definition) is 1. The Morgan fingerprint density at radius 1 is 1.18 bits per heavy atom. The van der Waals surface area contributed by atoms with E-state index < -0.39 is 5.41 Å². The lowest BCUT2D eigenvalue weighted by Gasteiger charge is -2.29. The van der Waals surface area contributed by atoms with Gasteiger partial charge in [0.15, 0.2) is 0 Å². The van der Waals surface area contributed by atoms with Gasteiger partial charge in [0.25, 0.3) is 0 Å². The Morgan fingerprint density at radius 2 is 1.94 bits per heavy atom. The van der Waals surface area contributed by atoms with E-state index in [1.807, 2.05) is 30.3 Å². The van der Waals surface area contributed by atoms with Gasteiger partial charge in [0.05, 0.1) is 17.7 Å². The molecule has 2 heterocycles. The van der Waals surface area contributed by atoms with E-state index in [2.05, 4.69) is 10.2 Å². The number of amides is 3. The number of methoxy groups -OCH3 is 1. The number of aromatic amines is 1. The first-order valence-corrected chi connectivity index (χ1v) is 12.1. The Hall–Kier alpha value is -3.00. The SMILES string of the molecule is COCCCN1C(=O)CC(CC(=O)N(C)Cc2n[nH]c3c2CCCCC3)(c2ccccc2)C1=O. The first-order chi connectivity index (χ1) is 16.5. The maximum absolute atomic E-state index is 13.6. The molecule has 34 heavy (non-hydrogen) atoms. The second kappa shape index (κ2) is 10.5. The minimum Gasteiger partial charge on any atom is -0.385 e. The molecular formula is C26H34N4O4. The van der Waals surface area contributed by atoms with Gasteiger partial charge in [-0.05, 0) is 43.2 Å². The van der Waals surface area contributed by atoms with Gasteiger partial charge in [0.1, 0.15) is 0 Å². The number of aromatic nitrogens is 2. The van der Waals surface area contributed by atoms with Crippen LogP contribution in [-0.4, -0.2) is 65.0 Å². The molecule has 8 nitrogen and oxygen atoms in total. The standard InChI is InChI=1S/C26H34N4O4/c1-29(18-22-20-12-7-4-8-13-21(20)27-28-22)23(31)16-26(19-10-5-3-6-11-19)17-24(32)30(25(26)33)14-9-15-34-2/h3,5-6,10-11H,4,7-9,12-18H2,1-2H3,(H,27,28). The molecule has 2 aromatic rings. The summed E-state index contributed by atoms with van der Waals surface area (Å²) in [6.07, 6.45) is 5.97. The van der Waals surface area contributed by atoms with Gasteiger partial charge in [-0.15, -0.1) is 0 Å². The van der Waals surface area contributed by atoms with E-state index >= 15 is 0 Å². The van der Waals surface area contributed by atoms with Crippen molar-refractivity contribution in [2.24, 2.45) is 0 Å². The molecule has 1 fully saturated rings. The van der Waals surface area contributed by atoms with Crippen molar-refractivity contribution >= 4 is 17.7 Å². The van der Waals surface area contributed by atoms with Crippen molar-refractivity contribution < 1.29 is 19.1 Å². The van der Waals surface area contributed by atoms with E-state index in [4.69, 9.17) is 4.74 Å². The number of ether oxygens (including phenoxy) is 1. The van der Waals surface area contributed by atoms with E-state index in [9.17, 15) is 14.4 Å². The molecule has 1 aliphatic carbocycles. The van der Waals surface area contributed by atoms with Crippen LogP contribution < -0.4 is 0 Å². The lowest BCUT2D eigenvalue weighted by molar-refractivity contribution is -0.142. The molecule has 1 aromatic carbocycles. The van der Waals surface area contributed by atoms with Crippen LogP contribution in [0.2, 0.25) is 0 Å². The number of H-pyrrole nitrogens is 1. The third-order valence-corrected chi connectivity index (χ3v) is 7.12. The predicted octanol–water partition coefficient (Wildman–Crippen LogP) is 2.76. The highest BCUT2D eigenvalue weighted by molar-refractivity contribution is 6.10. The minimum absolute atomic E-state index is 0.000210. The van der Waals surface area contributed by atoms with Crippen molar-refractivity contribution in [3.8, 4) is 0 Å². The summed E-state index contributed by atoms with van der Waals surface area (Å²) in [5.41, 5.74) is 2.83.